The number of rotatable bonds is 5. The van der Waals surface area contributed by atoms with Crippen molar-refractivity contribution in [1.29, 1.82) is 0 Å². The highest BCUT2D eigenvalue weighted by atomic mass is 32.2. The molecule has 0 bridgehead atoms. The van der Waals surface area contributed by atoms with Crippen molar-refractivity contribution in [3.8, 4) is 0 Å². The van der Waals surface area contributed by atoms with Gasteiger partial charge < -0.3 is 9.67 Å². The first kappa shape index (κ1) is 14.9. The number of hydrogen-bond acceptors (Lipinski definition) is 3. The van der Waals surface area contributed by atoms with E-state index in [1.807, 2.05) is 17.8 Å². The molecule has 0 saturated carbocycles. The summed E-state index contributed by atoms with van der Waals surface area (Å²) in [6.45, 7) is 7.34. The summed E-state index contributed by atoms with van der Waals surface area (Å²) >= 11 is 1.82. The Morgan fingerprint density at radius 2 is 2.15 bits per heavy atom. The molecule has 0 unspecified atom stereocenters. The highest BCUT2D eigenvalue weighted by molar-refractivity contribution is 7.99. The molecule has 1 heterocycles. The largest absolute Gasteiger partial charge is 0.478 e. The number of benzene rings is 1. The van der Waals surface area contributed by atoms with E-state index in [1.165, 1.54) is 0 Å². The van der Waals surface area contributed by atoms with Crippen molar-refractivity contribution < 1.29 is 9.90 Å². The summed E-state index contributed by atoms with van der Waals surface area (Å²) in [5.74, 6) is 0.0913. The number of fused-ring (bicyclic) bond motifs is 1. The summed E-state index contributed by atoms with van der Waals surface area (Å²) in [4.78, 5) is 15.6. The number of aromatic nitrogens is 2. The van der Waals surface area contributed by atoms with E-state index in [1.54, 1.807) is 12.1 Å². The lowest BCUT2D eigenvalue weighted by atomic mass is 10.2. The SMILES string of the molecule is CCc1nc2cc(C(=O)O)ccc2n1CC(C)(C)SC. The number of nitrogens with zero attached hydrogens (tertiary/aromatic N) is 2. The second-order valence-electron chi connectivity index (χ2n) is 5.44. The van der Waals surface area contributed by atoms with Gasteiger partial charge in [0, 0.05) is 17.7 Å². The first-order chi connectivity index (χ1) is 9.38. The van der Waals surface area contributed by atoms with Gasteiger partial charge >= 0.3 is 5.97 Å². The number of aryl methyl sites for hydroxylation is 1. The Labute approximate surface area is 123 Å². The lowest BCUT2D eigenvalue weighted by Gasteiger charge is -2.24. The molecule has 1 aromatic heterocycles. The van der Waals surface area contributed by atoms with E-state index in [2.05, 4.69) is 36.6 Å². The molecule has 0 fully saturated rings. The zero-order valence-electron chi connectivity index (χ0n) is 12.3. The van der Waals surface area contributed by atoms with Crippen molar-refractivity contribution >= 4 is 28.8 Å². The van der Waals surface area contributed by atoms with Crippen LogP contribution in [0.25, 0.3) is 11.0 Å². The zero-order valence-corrected chi connectivity index (χ0v) is 13.1. The molecule has 0 radical (unpaired) electrons. The molecule has 2 aromatic rings. The zero-order chi connectivity index (χ0) is 14.9. The van der Waals surface area contributed by atoms with Crippen LogP contribution < -0.4 is 0 Å². The fourth-order valence-electron chi connectivity index (χ4n) is 2.20. The quantitative estimate of drug-likeness (QED) is 0.917. The van der Waals surface area contributed by atoms with E-state index in [4.69, 9.17) is 5.11 Å². The fraction of sp³-hybridized carbons (Fsp3) is 0.467. The number of carboxylic acid groups (broad SMARTS) is 1. The molecule has 0 amide bonds. The third-order valence-electron chi connectivity index (χ3n) is 3.48. The highest BCUT2D eigenvalue weighted by Crippen LogP contribution is 2.27. The van der Waals surface area contributed by atoms with Crippen LogP contribution in [0, 0.1) is 0 Å². The maximum Gasteiger partial charge on any atom is 0.335 e. The number of carbonyl (C=O) groups is 1. The fourth-order valence-corrected chi connectivity index (χ4v) is 2.46. The minimum absolute atomic E-state index is 0.114. The van der Waals surface area contributed by atoms with Gasteiger partial charge in [-0.15, -0.1) is 0 Å². The van der Waals surface area contributed by atoms with Crippen molar-refractivity contribution in [3.05, 3.63) is 29.6 Å². The van der Waals surface area contributed by atoms with Crippen LogP contribution in [0.2, 0.25) is 0 Å². The van der Waals surface area contributed by atoms with Gasteiger partial charge in [-0.05, 0) is 38.3 Å². The van der Waals surface area contributed by atoms with Crippen LogP contribution in [-0.4, -0.2) is 31.6 Å². The van der Waals surface area contributed by atoms with Crippen LogP contribution >= 0.6 is 11.8 Å². The molecular formula is C15H20N2O2S. The first-order valence-electron chi connectivity index (χ1n) is 6.65. The number of aromatic carboxylic acids is 1. The van der Waals surface area contributed by atoms with E-state index >= 15 is 0 Å². The average molecular weight is 292 g/mol. The van der Waals surface area contributed by atoms with Gasteiger partial charge in [0.15, 0.2) is 0 Å². The van der Waals surface area contributed by atoms with Gasteiger partial charge in [-0.25, -0.2) is 9.78 Å². The van der Waals surface area contributed by atoms with Crippen LogP contribution in [-0.2, 0) is 13.0 Å². The normalized spacial score (nSPS) is 12.0. The Bertz CT molecular complexity index is 647. The van der Waals surface area contributed by atoms with E-state index in [9.17, 15) is 4.79 Å². The molecule has 0 aliphatic heterocycles. The standard InChI is InChI=1S/C15H20N2O2S/c1-5-13-16-11-8-10(14(18)19)6-7-12(11)17(13)9-15(2,3)20-4/h6-8H,5,9H2,1-4H3,(H,18,19). The molecule has 0 spiro atoms. The third kappa shape index (κ3) is 2.82. The summed E-state index contributed by atoms with van der Waals surface area (Å²) in [7, 11) is 0. The number of thioether (sulfide) groups is 1. The van der Waals surface area contributed by atoms with Crippen molar-refractivity contribution in [1.82, 2.24) is 9.55 Å². The molecule has 20 heavy (non-hydrogen) atoms. The molecule has 0 aliphatic carbocycles. The van der Waals surface area contributed by atoms with Gasteiger partial charge in [0.1, 0.15) is 5.82 Å². The number of hydrogen-bond donors (Lipinski definition) is 1. The monoisotopic (exact) mass is 292 g/mol. The average Bonchev–Trinajstić information content (AvgIpc) is 2.75. The Hall–Kier alpha value is -1.49. The molecule has 108 valence electrons. The van der Waals surface area contributed by atoms with E-state index in [-0.39, 0.29) is 10.3 Å². The minimum atomic E-state index is -0.913. The van der Waals surface area contributed by atoms with Gasteiger partial charge in [-0.2, -0.15) is 11.8 Å². The van der Waals surface area contributed by atoms with Crippen LogP contribution in [0.4, 0.5) is 0 Å². The molecular weight excluding hydrogens is 272 g/mol. The summed E-state index contributed by atoms with van der Waals surface area (Å²) in [6, 6.07) is 5.16. The summed E-state index contributed by atoms with van der Waals surface area (Å²) in [5.41, 5.74) is 2.06. The van der Waals surface area contributed by atoms with Crippen LogP contribution in [0.1, 0.15) is 37.0 Å². The van der Waals surface area contributed by atoms with Crippen LogP contribution in [0.3, 0.4) is 0 Å². The van der Waals surface area contributed by atoms with E-state index < -0.39 is 5.97 Å². The van der Waals surface area contributed by atoms with Crippen molar-refractivity contribution in [2.45, 2.75) is 38.5 Å². The Morgan fingerprint density at radius 3 is 2.70 bits per heavy atom. The van der Waals surface area contributed by atoms with Gasteiger partial charge in [0.2, 0.25) is 0 Å². The highest BCUT2D eigenvalue weighted by Gasteiger charge is 2.20. The Morgan fingerprint density at radius 1 is 1.45 bits per heavy atom. The number of carboxylic acids is 1. The molecule has 1 aromatic carbocycles. The molecule has 0 atom stereocenters. The summed E-state index contributed by atoms with van der Waals surface area (Å²) in [6.07, 6.45) is 2.94. The summed E-state index contributed by atoms with van der Waals surface area (Å²) in [5, 5.41) is 9.06. The minimum Gasteiger partial charge on any atom is -0.478 e. The van der Waals surface area contributed by atoms with Crippen molar-refractivity contribution in [2.24, 2.45) is 0 Å². The van der Waals surface area contributed by atoms with Crippen molar-refractivity contribution in [3.63, 3.8) is 0 Å². The van der Waals surface area contributed by atoms with E-state index in [0.29, 0.717) is 0 Å². The van der Waals surface area contributed by atoms with Crippen molar-refractivity contribution in [2.75, 3.05) is 6.26 Å². The van der Waals surface area contributed by atoms with Gasteiger partial charge in [0.25, 0.3) is 0 Å². The number of imidazole rings is 1. The Kier molecular flexibility index (Phi) is 4.09. The molecule has 1 N–H and O–H groups in total. The van der Waals surface area contributed by atoms with Gasteiger partial charge in [-0.3, -0.25) is 0 Å². The lowest BCUT2D eigenvalue weighted by molar-refractivity contribution is 0.0697. The molecule has 5 heteroatoms. The smallest absolute Gasteiger partial charge is 0.335 e. The second kappa shape index (κ2) is 5.48. The van der Waals surface area contributed by atoms with E-state index in [0.717, 1.165) is 29.8 Å². The molecule has 2 rings (SSSR count). The predicted octanol–water partition coefficient (Wildman–Crippen LogP) is 3.44. The third-order valence-corrected chi connectivity index (χ3v) is 4.72. The second-order valence-corrected chi connectivity index (χ2v) is 6.95. The molecule has 0 saturated heterocycles. The first-order valence-corrected chi connectivity index (χ1v) is 7.88. The maximum absolute atomic E-state index is 11.0. The van der Waals surface area contributed by atoms with Crippen LogP contribution in [0.15, 0.2) is 18.2 Å². The van der Waals surface area contributed by atoms with Crippen LogP contribution in [0.5, 0.6) is 0 Å². The lowest BCUT2D eigenvalue weighted by Crippen LogP contribution is -2.23. The molecule has 0 aliphatic rings. The summed E-state index contributed by atoms with van der Waals surface area (Å²) < 4.78 is 2.32. The van der Waals surface area contributed by atoms with Gasteiger partial charge in [0.05, 0.1) is 16.6 Å². The topological polar surface area (TPSA) is 55.1 Å². The predicted molar refractivity (Wildman–Crippen MR) is 83.7 cm³/mol. The van der Waals surface area contributed by atoms with Gasteiger partial charge in [-0.1, -0.05) is 6.92 Å². The Balaban J connectivity index is 2.55. The molecule has 4 nitrogen and oxygen atoms in total. The maximum atomic E-state index is 11.0.